The fourth-order valence-electron chi connectivity index (χ4n) is 4.65. The van der Waals surface area contributed by atoms with Gasteiger partial charge in [-0.15, -0.1) is 0 Å². The molecule has 6 heteroatoms. The highest BCUT2D eigenvalue weighted by molar-refractivity contribution is 6.31. The lowest BCUT2D eigenvalue weighted by Crippen LogP contribution is -2.39. The van der Waals surface area contributed by atoms with Crippen LogP contribution in [-0.2, 0) is 4.79 Å². The standard InChI is InChI=1S/C25H19Cl2FN2O/c26-16-10-8-14(9-11-16)25-24-21(29-19-6-1-2-7-20(19)30-25)12-15(13-22(24)31)23-17(27)4-3-5-18(23)28/h1-11,15,24-25,30H,12-13H2. The van der Waals surface area contributed by atoms with Crippen molar-refractivity contribution in [3.63, 3.8) is 0 Å². The first-order valence-electron chi connectivity index (χ1n) is 10.2. The molecule has 31 heavy (non-hydrogen) atoms. The number of nitrogens with zero attached hydrogens (tertiary/aromatic N) is 1. The number of carbonyl (C=O) groups excluding carboxylic acids is 1. The molecule has 1 heterocycles. The van der Waals surface area contributed by atoms with Crippen molar-refractivity contribution in [1.82, 2.24) is 0 Å². The minimum Gasteiger partial charge on any atom is -0.375 e. The number of Topliss-reactive ketones (excluding diaryl/α,β-unsaturated/α-hetero) is 1. The van der Waals surface area contributed by atoms with Crippen molar-refractivity contribution in [2.75, 3.05) is 5.32 Å². The van der Waals surface area contributed by atoms with Crippen LogP contribution < -0.4 is 5.32 Å². The molecule has 3 aromatic carbocycles. The molecule has 0 bridgehead atoms. The Bertz CT molecular complexity index is 1170. The number of carbonyl (C=O) groups is 1. The monoisotopic (exact) mass is 452 g/mol. The van der Waals surface area contributed by atoms with Crippen LogP contribution in [0.25, 0.3) is 0 Å². The number of halogens is 3. The highest BCUT2D eigenvalue weighted by Gasteiger charge is 2.42. The Labute approximate surface area is 189 Å². The predicted octanol–water partition coefficient (Wildman–Crippen LogP) is 7.13. The lowest BCUT2D eigenvalue weighted by atomic mass is 9.72. The fraction of sp³-hybridized carbons (Fsp3) is 0.200. The van der Waals surface area contributed by atoms with Crippen LogP contribution in [0.3, 0.4) is 0 Å². The van der Waals surface area contributed by atoms with Gasteiger partial charge in [-0.1, -0.05) is 53.5 Å². The second-order valence-corrected chi connectivity index (χ2v) is 8.82. The first-order chi connectivity index (χ1) is 15.0. The third-order valence-corrected chi connectivity index (χ3v) is 6.64. The summed E-state index contributed by atoms with van der Waals surface area (Å²) in [6, 6.07) is 19.6. The Morgan fingerprint density at radius 2 is 1.71 bits per heavy atom. The Kier molecular flexibility index (Phi) is 5.28. The quantitative estimate of drug-likeness (QED) is 0.448. The molecule has 5 rings (SSSR count). The summed E-state index contributed by atoms with van der Waals surface area (Å²) in [4.78, 5) is 18.4. The number of rotatable bonds is 2. The van der Waals surface area contributed by atoms with E-state index in [2.05, 4.69) is 5.32 Å². The van der Waals surface area contributed by atoms with E-state index in [9.17, 15) is 9.18 Å². The number of fused-ring (bicyclic) bond motifs is 2. The van der Waals surface area contributed by atoms with Gasteiger partial charge in [0.25, 0.3) is 0 Å². The fourth-order valence-corrected chi connectivity index (χ4v) is 5.09. The van der Waals surface area contributed by atoms with Gasteiger partial charge in [0.1, 0.15) is 11.6 Å². The first kappa shape index (κ1) is 20.2. The number of para-hydroxylation sites is 2. The van der Waals surface area contributed by atoms with Crippen LogP contribution in [-0.4, -0.2) is 11.5 Å². The molecule has 3 unspecified atom stereocenters. The molecule has 1 N–H and O–H groups in total. The third kappa shape index (κ3) is 3.75. The van der Waals surface area contributed by atoms with E-state index in [0.29, 0.717) is 22.0 Å². The summed E-state index contributed by atoms with van der Waals surface area (Å²) in [6.45, 7) is 0. The van der Waals surface area contributed by atoms with E-state index in [1.54, 1.807) is 12.1 Å². The second-order valence-electron chi connectivity index (χ2n) is 7.98. The minimum atomic E-state index is -0.449. The highest BCUT2D eigenvalue weighted by atomic mass is 35.5. The van der Waals surface area contributed by atoms with Crippen LogP contribution in [0, 0.1) is 11.7 Å². The zero-order valence-electron chi connectivity index (χ0n) is 16.5. The molecule has 0 amide bonds. The maximum absolute atomic E-state index is 14.6. The molecule has 2 aliphatic rings. The number of anilines is 1. The SMILES string of the molecule is O=C1CC(c2c(F)cccc2Cl)CC2=Nc3ccccc3NC(c3ccc(Cl)cc3)C12. The summed E-state index contributed by atoms with van der Waals surface area (Å²) in [7, 11) is 0. The Balaban J connectivity index is 1.61. The Morgan fingerprint density at radius 3 is 2.48 bits per heavy atom. The largest absolute Gasteiger partial charge is 0.375 e. The average Bonchev–Trinajstić information content (AvgIpc) is 2.91. The van der Waals surface area contributed by atoms with Crippen LogP contribution in [0.4, 0.5) is 15.8 Å². The maximum atomic E-state index is 14.6. The van der Waals surface area contributed by atoms with Crippen molar-refractivity contribution in [2.24, 2.45) is 10.9 Å². The molecule has 1 aliphatic carbocycles. The van der Waals surface area contributed by atoms with Crippen LogP contribution in [0.2, 0.25) is 10.0 Å². The molecular weight excluding hydrogens is 434 g/mol. The summed E-state index contributed by atoms with van der Waals surface area (Å²) >= 11 is 12.4. The smallest absolute Gasteiger partial charge is 0.144 e. The van der Waals surface area contributed by atoms with Crippen LogP contribution in [0.1, 0.15) is 35.9 Å². The van der Waals surface area contributed by atoms with Crippen molar-refractivity contribution in [3.8, 4) is 0 Å². The Morgan fingerprint density at radius 1 is 0.935 bits per heavy atom. The lowest BCUT2D eigenvalue weighted by Gasteiger charge is -2.34. The molecule has 156 valence electrons. The van der Waals surface area contributed by atoms with E-state index in [-0.39, 0.29) is 30.0 Å². The highest BCUT2D eigenvalue weighted by Crippen LogP contribution is 2.45. The number of hydrogen-bond acceptors (Lipinski definition) is 3. The number of ketones is 1. The van der Waals surface area contributed by atoms with Gasteiger partial charge in [0.05, 0.1) is 23.3 Å². The predicted molar refractivity (Wildman–Crippen MR) is 123 cm³/mol. The second kappa shape index (κ2) is 8.10. The van der Waals surface area contributed by atoms with Gasteiger partial charge in [0.2, 0.25) is 0 Å². The summed E-state index contributed by atoms with van der Waals surface area (Å²) in [5.74, 6) is -1.15. The van der Waals surface area contributed by atoms with E-state index < -0.39 is 5.92 Å². The summed E-state index contributed by atoms with van der Waals surface area (Å²) < 4.78 is 14.6. The normalized spacial score (nSPS) is 22.6. The van der Waals surface area contributed by atoms with Crippen molar-refractivity contribution in [3.05, 3.63) is 93.7 Å². The lowest BCUT2D eigenvalue weighted by molar-refractivity contribution is -0.122. The maximum Gasteiger partial charge on any atom is 0.144 e. The van der Waals surface area contributed by atoms with Crippen LogP contribution >= 0.6 is 23.2 Å². The molecule has 0 aromatic heterocycles. The van der Waals surface area contributed by atoms with Gasteiger partial charge >= 0.3 is 0 Å². The van der Waals surface area contributed by atoms with Gasteiger partial charge in [-0.25, -0.2) is 4.39 Å². The van der Waals surface area contributed by atoms with Gasteiger partial charge in [0.15, 0.2) is 0 Å². The molecule has 3 atom stereocenters. The van der Waals surface area contributed by atoms with E-state index >= 15 is 0 Å². The van der Waals surface area contributed by atoms with Crippen LogP contribution in [0.5, 0.6) is 0 Å². The van der Waals surface area contributed by atoms with Crippen LogP contribution in [0.15, 0.2) is 71.7 Å². The van der Waals surface area contributed by atoms with E-state index in [4.69, 9.17) is 28.2 Å². The van der Waals surface area contributed by atoms with Gasteiger partial charge in [-0.05, 0) is 48.4 Å². The minimum absolute atomic E-state index is 0.0228. The molecule has 1 fully saturated rings. The van der Waals surface area contributed by atoms with Gasteiger partial charge in [-0.3, -0.25) is 9.79 Å². The summed E-state index contributed by atoms with van der Waals surface area (Å²) in [6.07, 6.45) is 0.684. The Hall–Kier alpha value is -2.69. The molecule has 0 radical (unpaired) electrons. The number of benzene rings is 3. The van der Waals surface area contributed by atoms with Crippen molar-refractivity contribution < 1.29 is 9.18 Å². The van der Waals surface area contributed by atoms with Gasteiger partial charge in [0, 0.05) is 33.7 Å². The molecular formula is C25H19Cl2FN2O. The van der Waals surface area contributed by atoms with Crippen molar-refractivity contribution >= 4 is 46.1 Å². The molecule has 0 spiro atoms. The van der Waals surface area contributed by atoms with Gasteiger partial charge in [-0.2, -0.15) is 0 Å². The van der Waals surface area contributed by atoms with Gasteiger partial charge < -0.3 is 5.32 Å². The summed E-state index contributed by atoms with van der Waals surface area (Å²) in [5, 5.41) is 4.50. The third-order valence-electron chi connectivity index (χ3n) is 6.06. The van der Waals surface area contributed by atoms with Crippen molar-refractivity contribution in [2.45, 2.75) is 24.8 Å². The van der Waals surface area contributed by atoms with E-state index in [1.807, 2.05) is 48.5 Å². The molecule has 3 nitrogen and oxygen atoms in total. The molecule has 0 saturated heterocycles. The number of hydrogen-bond donors (Lipinski definition) is 1. The molecule has 3 aromatic rings. The summed E-state index contributed by atoms with van der Waals surface area (Å²) in [5.41, 5.74) is 3.73. The topological polar surface area (TPSA) is 41.5 Å². The first-order valence-corrected chi connectivity index (χ1v) is 10.9. The molecule has 1 aliphatic heterocycles. The number of nitrogens with one attached hydrogen (secondary N) is 1. The van der Waals surface area contributed by atoms with E-state index in [0.717, 1.165) is 22.6 Å². The zero-order valence-corrected chi connectivity index (χ0v) is 18.0. The number of aliphatic imine (C=N–C) groups is 1. The van der Waals surface area contributed by atoms with Crippen molar-refractivity contribution in [1.29, 1.82) is 0 Å². The zero-order chi connectivity index (χ0) is 21.5. The molecule has 1 saturated carbocycles. The van der Waals surface area contributed by atoms with E-state index in [1.165, 1.54) is 6.07 Å². The average molecular weight is 453 g/mol.